The molecular weight excluding hydrogens is 682 g/mol. The van der Waals surface area contributed by atoms with E-state index in [1.165, 1.54) is 0 Å². The van der Waals surface area contributed by atoms with Crippen LogP contribution in [0.3, 0.4) is 0 Å². The lowest BCUT2D eigenvalue weighted by Gasteiger charge is -2.32. The summed E-state index contributed by atoms with van der Waals surface area (Å²) in [5.74, 6) is -0.312. The molecule has 5 aromatic carbocycles. The van der Waals surface area contributed by atoms with Crippen molar-refractivity contribution in [3.05, 3.63) is 149 Å². The first kappa shape index (κ1) is 40.9. The van der Waals surface area contributed by atoms with Crippen LogP contribution in [-0.2, 0) is 26.2 Å². The van der Waals surface area contributed by atoms with E-state index in [9.17, 15) is 9.90 Å². The predicted octanol–water partition coefficient (Wildman–Crippen LogP) is 10.6. The van der Waals surface area contributed by atoms with Crippen LogP contribution < -0.4 is 21.2 Å². The summed E-state index contributed by atoms with van der Waals surface area (Å²) >= 11 is 0. The second kappa shape index (κ2) is 15.1. The van der Waals surface area contributed by atoms with Crippen molar-refractivity contribution in [2.45, 2.75) is 111 Å². The van der Waals surface area contributed by atoms with Crippen LogP contribution in [0.15, 0.2) is 115 Å². The number of rotatable bonds is 8. The highest BCUT2D eigenvalue weighted by molar-refractivity contribution is 7.85. The predicted molar refractivity (Wildman–Crippen MR) is 230 cm³/mol. The molecule has 0 spiro atoms. The van der Waals surface area contributed by atoms with Crippen molar-refractivity contribution in [2.24, 2.45) is 0 Å². The lowest BCUT2D eigenvalue weighted by Crippen LogP contribution is -2.32. The van der Waals surface area contributed by atoms with Gasteiger partial charge in [-0.2, -0.15) is 0 Å². The standard InChI is InChI=1S/C49H60NO3P/c1-46(2,3)34-26-35(47(4,5)6)29-38(28-34)54(53,39-30-36(48(7,8)9)27-37(31-39)49(10,11)12)44-25-19-18-23-41(44)40-22-16-17-24-42(40)45(52)50-43(32-51)33-20-14-13-15-21-33/h13-31,43,51H,32H2,1-12H3,(H,50,52)/t43-/m1/s1. The minimum atomic E-state index is -3.67. The Labute approximate surface area is 324 Å². The summed E-state index contributed by atoms with van der Waals surface area (Å²) in [6.45, 7) is 26.2. The minimum Gasteiger partial charge on any atom is -0.394 e. The highest BCUT2D eigenvalue weighted by atomic mass is 31.2. The van der Waals surface area contributed by atoms with Gasteiger partial charge in [0, 0.05) is 21.5 Å². The minimum absolute atomic E-state index is 0.198. The first-order valence-corrected chi connectivity index (χ1v) is 20.8. The van der Waals surface area contributed by atoms with E-state index in [0.29, 0.717) is 16.4 Å². The van der Waals surface area contributed by atoms with E-state index < -0.39 is 13.2 Å². The molecule has 0 saturated heterocycles. The number of amides is 1. The van der Waals surface area contributed by atoms with E-state index in [2.05, 4.69) is 125 Å². The zero-order chi connectivity index (χ0) is 39.9. The molecule has 1 amide bonds. The van der Waals surface area contributed by atoms with Crippen molar-refractivity contribution in [3.8, 4) is 11.1 Å². The second-order valence-corrected chi connectivity index (χ2v) is 21.6. The van der Waals surface area contributed by atoms with Crippen LogP contribution >= 0.6 is 7.14 Å². The average molecular weight is 742 g/mol. The Hall–Kier alpha value is -4.24. The Morgan fingerprint density at radius 2 is 0.944 bits per heavy atom. The number of aliphatic hydroxyl groups excluding tert-OH is 1. The van der Waals surface area contributed by atoms with Gasteiger partial charge in [-0.3, -0.25) is 4.79 Å². The Balaban J connectivity index is 1.87. The van der Waals surface area contributed by atoms with Gasteiger partial charge in [-0.25, -0.2) is 0 Å². The molecule has 0 heterocycles. The van der Waals surface area contributed by atoms with Crippen molar-refractivity contribution < 1.29 is 14.5 Å². The number of benzene rings is 5. The lowest BCUT2D eigenvalue weighted by molar-refractivity contribution is 0.0917. The fourth-order valence-corrected chi connectivity index (χ4v) is 9.76. The topological polar surface area (TPSA) is 66.4 Å². The Bertz CT molecular complexity index is 2030. The van der Waals surface area contributed by atoms with E-state index in [-0.39, 0.29) is 34.2 Å². The van der Waals surface area contributed by atoms with Crippen LogP contribution in [0.25, 0.3) is 11.1 Å². The van der Waals surface area contributed by atoms with Gasteiger partial charge >= 0.3 is 0 Å². The zero-order valence-electron chi connectivity index (χ0n) is 34.5. The fraction of sp³-hybridized carbons (Fsp3) is 0.367. The largest absolute Gasteiger partial charge is 0.394 e. The summed E-state index contributed by atoms with van der Waals surface area (Å²) in [5, 5.41) is 15.6. The van der Waals surface area contributed by atoms with Crippen molar-refractivity contribution in [1.29, 1.82) is 0 Å². The molecule has 0 bridgehead atoms. The monoisotopic (exact) mass is 741 g/mol. The van der Waals surface area contributed by atoms with E-state index >= 15 is 4.57 Å². The summed E-state index contributed by atoms with van der Waals surface area (Å²) in [7, 11) is -3.67. The molecule has 5 rings (SSSR count). The van der Waals surface area contributed by atoms with Crippen LogP contribution in [0, 0.1) is 0 Å². The van der Waals surface area contributed by atoms with Crippen molar-refractivity contribution in [3.63, 3.8) is 0 Å². The van der Waals surface area contributed by atoms with Gasteiger partial charge in [-0.15, -0.1) is 0 Å². The van der Waals surface area contributed by atoms with Gasteiger partial charge in [-0.1, -0.05) is 168 Å². The van der Waals surface area contributed by atoms with Crippen LogP contribution in [0.2, 0.25) is 0 Å². The Morgan fingerprint density at radius 1 is 0.556 bits per heavy atom. The smallest absolute Gasteiger partial charge is 0.252 e. The van der Waals surface area contributed by atoms with Crippen LogP contribution in [0.5, 0.6) is 0 Å². The SMILES string of the molecule is CC(C)(C)c1cc(C(C)(C)C)cc(P(=O)(c2cc(C(C)(C)C)cc(C(C)(C)C)c2)c2ccccc2-c2ccccc2C(=O)N[C@H](CO)c2ccccc2)c1. The third-order valence-electron chi connectivity index (χ3n) is 10.4. The normalized spacial score (nSPS) is 13.4. The maximum atomic E-state index is 17.1. The molecule has 54 heavy (non-hydrogen) atoms. The maximum Gasteiger partial charge on any atom is 0.252 e. The van der Waals surface area contributed by atoms with Crippen molar-refractivity contribution in [1.82, 2.24) is 5.32 Å². The summed E-state index contributed by atoms with van der Waals surface area (Å²) < 4.78 is 17.1. The second-order valence-electron chi connectivity index (χ2n) is 18.8. The molecule has 0 aliphatic rings. The van der Waals surface area contributed by atoms with E-state index in [1.807, 2.05) is 78.9 Å². The summed E-state index contributed by atoms with van der Waals surface area (Å²) in [5.41, 5.74) is 6.40. The van der Waals surface area contributed by atoms with Crippen LogP contribution in [-0.4, -0.2) is 17.6 Å². The van der Waals surface area contributed by atoms with Gasteiger partial charge in [-0.05, 0) is 90.9 Å². The van der Waals surface area contributed by atoms with E-state index in [4.69, 9.17) is 0 Å². The summed E-state index contributed by atoms with van der Waals surface area (Å²) in [6, 6.07) is 37.5. The van der Waals surface area contributed by atoms with Gasteiger partial charge in [0.2, 0.25) is 0 Å². The molecule has 0 fully saturated rings. The number of aliphatic hydroxyl groups is 1. The number of carbonyl (C=O) groups is 1. The van der Waals surface area contributed by atoms with Gasteiger partial charge in [0.25, 0.3) is 5.91 Å². The molecule has 1 atom stereocenters. The zero-order valence-corrected chi connectivity index (χ0v) is 35.4. The van der Waals surface area contributed by atoms with Gasteiger partial charge in [0.1, 0.15) is 0 Å². The molecular formula is C49H60NO3P. The van der Waals surface area contributed by atoms with Gasteiger partial charge in [0.05, 0.1) is 12.6 Å². The summed E-state index contributed by atoms with van der Waals surface area (Å²) in [6.07, 6.45) is 0. The van der Waals surface area contributed by atoms with Gasteiger partial charge in [0.15, 0.2) is 7.14 Å². The molecule has 2 N–H and O–H groups in total. The van der Waals surface area contributed by atoms with Crippen molar-refractivity contribution in [2.75, 3.05) is 6.61 Å². The first-order chi connectivity index (χ1) is 25.0. The molecule has 0 saturated carbocycles. The third kappa shape index (κ3) is 8.67. The van der Waals surface area contributed by atoms with Crippen molar-refractivity contribution >= 4 is 29.0 Å². The number of nitrogens with one attached hydrogen (secondary N) is 1. The molecule has 0 unspecified atom stereocenters. The Morgan fingerprint density at radius 3 is 1.37 bits per heavy atom. The molecule has 5 heteroatoms. The number of carbonyl (C=O) groups excluding carboxylic acids is 1. The molecule has 0 aromatic heterocycles. The molecule has 4 nitrogen and oxygen atoms in total. The summed E-state index contributed by atoms with van der Waals surface area (Å²) in [4.78, 5) is 14.2. The first-order valence-electron chi connectivity index (χ1n) is 19.1. The molecule has 284 valence electrons. The Kier molecular flexibility index (Phi) is 11.5. The molecule has 5 aromatic rings. The molecule has 0 radical (unpaired) electrons. The van der Waals surface area contributed by atoms with E-state index in [0.717, 1.165) is 44.0 Å². The number of hydrogen-bond donors (Lipinski definition) is 2. The molecule has 0 aliphatic heterocycles. The number of hydrogen-bond acceptors (Lipinski definition) is 3. The third-order valence-corrected chi connectivity index (χ3v) is 13.5. The average Bonchev–Trinajstić information content (AvgIpc) is 3.12. The quantitative estimate of drug-likeness (QED) is 0.156. The van der Waals surface area contributed by atoms with E-state index in [1.54, 1.807) is 0 Å². The lowest BCUT2D eigenvalue weighted by atomic mass is 9.81. The van der Waals surface area contributed by atoms with Crippen LogP contribution in [0.4, 0.5) is 0 Å². The van der Waals surface area contributed by atoms with Crippen LogP contribution in [0.1, 0.15) is 127 Å². The maximum absolute atomic E-state index is 17.1. The molecule has 0 aliphatic carbocycles. The fourth-order valence-electron chi connectivity index (χ4n) is 6.79. The highest BCUT2D eigenvalue weighted by Crippen LogP contribution is 2.48. The highest BCUT2D eigenvalue weighted by Gasteiger charge is 2.37. The van der Waals surface area contributed by atoms with Gasteiger partial charge < -0.3 is 15.0 Å².